The Morgan fingerprint density at radius 3 is 2.71 bits per heavy atom. The molecule has 0 aliphatic heterocycles. The number of benzene rings is 1. The van der Waals surface area contributed by atoms with E-state index in [0.717, 1.165) is 10.2 Å². The first kappa shape index (κ1) is 13.1. The molecular weight excluding hydrogens is 320 g/mol. The van der Waals surface area contributed by atoms with Crippen molar-refractivity contribution in [2.45, 2.75) is 31.7 Å². The number of nitrogens with one attached hydrogen (secondary N) is 2. The summed E-state index contributed by atoms with van der Waals surface area (Å²) >= 11 is 14.8. The standard InChI is InChI=1S/C12H14BrClN2S/c13-8-5-6-11(10(14)7-8)16-12(17)15-9-3-1-2-4-9/h5-7,9H,1-4H2,(H2,15,16,17). The number of rotatable bonds is 2. The van der Waals surface area contributed by atoms with E-state index in [4.69, 9.17) is 23.8 Å². The third-order valence-corrected chi connectivity index (χ3v) is 3.90. The molecule has 1 saturated carbocycles. The second-order valence-electron chi connectivity index (χ2n) is 4.20. The molecule has 2 N–H and O–H groups in total. The molecule has 5 heteroatoms. The fourth-order valence-electron chi connectivity index (χ4n) is 2.00. The van der Waals surface area contributed by atoms with E-state index >= 15 is 0 Å². The lowest BCUT2D eigenvalue weighted by molar-refractivity contribution is 0.634. The summed E-state index contributed by atoms with van der Waals surface area (Å²) in [6.45, 7) is 0. The molecule has 0 spiro atoms. The molecule has 92 valence electrons. The Bertz CT molecular complexity index is 419. The lowest BCUT2D eigenvalue weighted by Gasteiger charge is -2.16. The summed E-state index contributed by atoms with van der Waals surface area (Å²) in [5.41, 5.74) is 0.838. The predicted octanol–water partition coefficient (Wildman–Crippen LogP) is 4.33. The van der Waals surface area contributed by atoms with Crippen LogP contribution in [0.3, 0.4) is 0 Å². The number of hydrogen-bond donors (Lipinski definition) is 2. The third-order valence-electron chi connectivity index (χ3n) is 2.87. The average Bonchev–Trinajstić information content (AvgIpc) is 2.75. The molecule has 0 radical (unpaired) electrons. The summed E-state index contributed by atoms with van der Waals surface area (Å²) in [6.07, 6.45) is 4.99. The minimum Gasteiger partial charge on any atom is -0.360 e. The van der Waals surface area contributed by atoms with Gasteiger partial charge in [-0.2, -0.15) is 0 Å². The van der Waals surface area contributed by atoms with Crippen LogP contribution in [0.2, 0.25) is 5.02 Å². The van der Waals surface area contributed by atoms with Gasteiger partial charge in [-0.3, -0.25) is 0 Å². The predicted molar refractivity (Wildman–Crippen MR) is 80.8 cm³/mol. The Morgan fingerprint density at radius 1 is 1.35 bits per heavy atom. The molecule has 1 aliphatic carbocycles. The first-order valence-corrected chi connectivity index (χ1v) is 7.25. The molecule has 1 aliphatic rings. The fourth-order valence-corrected chi connectivity index (χ4v) is 3.00. The zero-order chi connectivity index (χ0) is 12.3. The van der Waals surface area contributed by atoms with Crippen molar-refractivity contribution in [3.63, 3.8) is 0 Å². The van der Waals surface area contributed by atoms with Gasteiger partial charge in [0.25, 0.3) is 0 Å². The summed E-state index contributed by atoms with van der Waals surface area (Å²) in [6, 6.07) is 6.22. The van der Waals surface area contributed by atoms with Gasteiger partial charge in [0.2, 0.25) is 0 Å². The molecule has 2 rings (SSSR count). The van der Waals surface area contributed by atoms with Crippen molar-refractivity contribution in [1.29, 1.82) is 0 Å². The van der Waals surface area contributed by atoms with Crippen molar-refractivity contribution in [1.82, 2.24) is 5.32 Å². The summed E-state index contributed by atoms with van der Waals surface area (Å²) in [7, 11) is 0. The quantitative estimate of drug-likeness (QED) is 0.788. The van der Waals surface area contributed by atoms with Crippen LogP contribution in [0.5, 0.6) is 0 Å². The van der Waals surface area contributed by atoms with Crippen LogP contribution in [0, 0.1) is 0 Å². The lowest BCUT2D eigenvalue weighted by atomic mass is 10.2. The Labute approximate surface area is 120 Å². The van der Waals surface area contributed by atoms with Crippen molar-refractivity contribution in [3.8, 4) is 0 Å². The van der Waals surface area contributed by atoms with Crippen LogP contribution in [-0.4, -0.2) is 11.2 Å². The summed E-state index contributed by atoms with van der Waals surface area (Å²) < 4.78 is 0.961. The molecular formula is C12H14BrClN2S. The highest BCUT2D eigenvalue weighted by molar-refractivity contribution is 9.10. The maximum atomic E-state index is 6.11. The summed E-state index contributed by atoms with van der Waals surface area (Å²) in [5.74, 6) is 0. The van der Waals surface area contributed by atoms with Gasteiger partial charge in [-0.05, 0) is 43.3 Å². The first-order chi connectivity index (χ1) is 8.15. The van der Waals surface area contributed by atoms with Crippen LogP contribution in [0.15, 0.2) is 22.7 Å². The van der Waals surface area contributed by atoms with Crippen LogP contribution in [-0.2, 0) is 0 Å². The van der Waals surface area contributed by atoms with Gasteiger partial charge in [0.05, 0.1) is 10.7 Å². The maximum absolute atomic E-state index is 6.11. The van der Waals surface area contributed by atoms with Crippen molar-refractivity contribution in [3.05, 3.63) is 27.7 Å². The van der Waals surface area contributed by atoms with Crippen LogP contribution in [0.1, 0.15) is 25.7 Å². The van der Waals surface area contributed by atoms with E-state index in [1.807, 2.05) is 18.2 Å². The highest BCUT2D eigenvalue weighted by Gasteiger charge is 2.15. The molecule has 1 aromatic rings. The van der Waals surface area contributed by atoms with E-state index in [0.29, 0.717) is 16.2 Å². The zero-order valence-electron chi connectivity index (χ0n) is 9.30. The molecule has 0 bridgehead atoms. The van der Waals surface area contributed by atoms with Crippen molar-refractivity contribution < 1.29 is 0 Å². The van der Waals surface area contributed by atoms with Gasteiger partial charge in [-0.15, -0.1) is 0 Å². The van der Waals surface area contributed by atoms with E-state index in [1.54, 1.807) is 0 Å². The van der Waals surface area contributed by atoms with E-state index in [2.05, 4.69) is 26.6 Å². The van der Waals surface area contributed by atoms with Crippen LogP contribution < -0.4 is 10.6 Å². The number of halogens is 2. The zero-order valence-corrected chi connectivity index (χ0v) is 12.5. The normalized spacial score (nSPS) is 15.9. The Kier molecular flexibility index (Phi) is 4.65. The maximum Gasteiger partial charge on any atom is 0.171 e. The monoisotopic (exact) mass is 332 g/mol. The number of thiocarbonyl (C=S) groups is 1. The molecule has 0 saturated heterocycles. The second kappa shape index (κ2) is 6.03. The average molecular weight is 334 g/mol. The summed E-state index contributed by atoms with van der Waals surface area (Å²) in [4.78, 5) is 0. The molecule has 17 heavy (non-hydrogen) atoms. The minimum atomic E-state index is 0.518. The number of hydrogen-bond acceptors (Lipinski definition) is 1. The van der Waals surface area contributed by atoms with E-state index in [1.165, 1.54) is 25.7 Å². The topological polar surface area (TPSA) is 24.1 Å². The molecule has 0 heterocycles. The van der Waals surface area contributed by atoms with Gasteiger partial charge in [-0.25, -0.2) is 0 Å². The van der Waals surface area contributed by atoms with Gasteiger partial charge in [0, 0.05) is 10.5 Å². The molecule has 0 unspecified atom stereocenters. The molecule has 0 amide bonds. The molecule has 2 nitrogen and oxygen atoms in total. The second-order valence-corrected chi connectivity index (χ2v) is 5.94. The van der Waals surface area contributed by atoms with Crippen molar-refractivity contribution in [2.75, 3.05) is 5.32 Å². The lowest BCUT2D eigenvalue weighted by Crippen LogP contribution is -2.35. The molecule has 0 aromatic heterocycles. The summed E-state index contributed by atoms with van der Waals surface area (Å²) in [5, 5.41) is 7.77. The molecule has 0 atom stereocenters. The largest absolute Gasteiger partial charge is 0.360 e. The van der Waals surface area contributed by atoms with Gasteiger partial charge < -0.3 is 10.6 Å². The van der Waals surface area contributed by atoms with Crippen LogP contribution in [0.4, 0.5) is 5.69 Å². The fraction of sp³-hybridized carbons (Fsp3) is 0.417. The van der Waals surface area contributed by atoms with Gasteiger partial charge in [0.1, 0.15) is 0 Å². The smallest absolute Gasteiger partial charge is 0.171 e. The van der Waals surface area contributed by atoms with Gasteiger partial charge in [-0.1, -0.05) is 40.4 Å². The van der Waals surface area contributed by atoms with Crippen LogP contribution in [0.25, 0.3) is 0 Å². The van der Waals surface area contributed by atoms with E-state index in [-0.39, 0.29) is 0 Å². The third kappa shape index (κ3) is 3.83. The Morgan fingerprint density at radius 2 is 2.06 bits per heavy atom. The van der Waals surface area contributed by atoms with Gasteiger partial charge >= 0.3 is 0 Å². The minimum absolute atomic E-state index is 0.518. The first-order valence-electron chi connectivity index (χ1n) is 5.68. The molecule has 1 aromatic carbocycles. The van der Waals surface area contributed by atoms with Gasteiger partial charge in [0.15, 0.2) is 5.11 Å². The highest BCUT2D eigenvalue weighted by atomic mass is 79.9. The van der Waals surface area contributed by atoms with Crippen molar-refractivity contribution >= 4 is 50.5 Å². The van der Waals surface area contributed by atoms with Crippen molar-refractivity contribution in [2.24, 2.45) is 0 Å². The SMILES string of the molecule is S=C(Nc1ccc(Br)cc1Cl)NC1CCCC1. The Balaban J connectivity index is 1.93. The Hall–Kier alpha value is -0.320. The molecule has 1 fully saturated rings. The number of anilines is 1. The van der Waals surface area contributed by atoms with Crippen LogP contribution >= 0.6 is 39.7 Å². The highest BCUT2D eigenvalue weighted by Crippen LogP contribution is 2.25. The van der Waals surface area contributed by atoms with E-state index < -0.39 is 0 Å². The van der Waals surface area contributed by atoms with E-state index in [9.17, 15) is 0 Å².